The molecule has 1 atom stereocenters. The van der Waals surface area contributed by atoms with Gasteiger partial charge in [-0.25, -0.2) is 0 Å². The zero-order valence-corrected chi connectivity index (χ0v) is 21.7. The number of hydrogen-bond acceptors (Lipinski definition) is 9. The molecule has 15 heteroatoms. The number of benzene rings is 1. The van der Waals surface area contributed by atoms with Gasteiger partial charge in [-0.1, -0.05) is 30.3 Å². The van der Waals surface area contributed by atoms with Gasteiger partial charge >= 0.3 is 5.97 Å². The number of nitrogens with one attached hydrogen (secondary N) is 5. The predicted molar refractivity (Wildman–Crippen MR) is 136 cm³/mol. The Kier molecular flexibility index (Phi) is 12.5. The normalized spacial score (nSPS) is 12.8. The Morgan fingerprint density at radius 3 is 2.00 bits per heavy atom. The molecule has 2 rings (SSSR count). The fourth-order valence-electron chi connectivity index (χ4n) is 3.25. The number of amides is 7. The lowest BCUT2D eigenvalue weighted by atomic mass is 10.1. The minimum atomic E-state index is -1.08. The second-order valence-corrected chi connectivity index (χ2v) is 8.37. The summed E-state index contributed by atoms with van der Waals surface area (Å²) in [7, 11) is 0. The maximum atomic E-state index is 12.7. The van der Waals surface area contributed by atoms with E-state index in [4.69, 9.17) is 0 Å². The molecule has 0 aliphatic carbocycles. The van der Waals surface area contributed by atoms with Crippen LogP contribution >= 0.6 is 0 Å². The molecule has 0 bridgehead atoms. The molecule has 15 nitrogen and oxygen atoms in total. The molecule has 0 saturated heterocycles. The van der Waals surface area contributed by atoms with E-state index in [9.17, 15) is 38.4 Å². The van der Waals surface area contributed by atoms with Crippen molar-refractivity contribution >= 4 is 47.3 Å². The van der Waals surface area contributed by atoms with Gasteiger partial charge in [-0.2, -0.15) is 0 Å². The number of hydrogen-bond donors (Lipinski definition) is 5. The van der Waals surface area contributed by atoms with Crippen molar-refractivity contribution in [2.24, 2.45) is 0 Å². The summed E-state index contributed by atoms with van der Waals surface area (Å²) in [4.78, 5) is 95.6. The third-order valence-electron chi connectivity index (χ3n) is 5.26. The highest BCUT2D eigenvalue weighted by molar-refractivity contribution is 6.13. The van der Waals surface area contributed by atoms with Crippen molar-refractivity contribution in [3.63, 3.8) is 0 Å². The van der Waals surface area contributed by atoms with E-state index in [1.807, 2.05) is 0 Å². The van der Waals surface area contributed by atoms with E-state index in [0.717, 1.165) is 22.6 Å². The third kappa shape index (κ3) is 11.5. The largest absolute Gasteiger partial charge is 0.445 e. The molecule has 1 aliphatic heterocycles. The van der Waals surface area contributed by atoms with Crippen LogP contribution in [0.15, 0.2) is 42.5 Å². The minimum absolute atomic E-state index is 0.0923. The van der Waals surface area contributed by atoms with Gasteiger partial charge in [0.15, 0.2) is 6.73 Å². The first-order valence-corrected chi connectivity index (χ1v) is 12.1. The van der Waals surface area contributed by atoms with Crippen molar-refractivity contribution in [3.05, 3.63) is 48.0 Å². The Hall–Kier alpha value is -5.08. The van der Waals surface area contributed by atoms with Gasteiger partial charge in [0.05, 0.1) is 19.6 Å². The van der Waals surface area contributed by atoms with Crippen LogP contribution in [0.1, 0.15) is 18.9 Å². The number of ether oxygens (including phenoxy) is 1. The standard InChI is InChI=1S/C25H30N6O9/c1-16(32)40-15-29-21(35)13-28-25(39)18(11-17-5-3-2-4-6-17)30-22(36)14-27-20(34)12-26-19(33)9-10-31-23(37)7-8-24(31)38/h2-8,18H,9-15H2,1H3,(H,26,33)(H,27,34)(H,28,39)(H,29,35)(H,30,36)/t18-/m0/s1. The van der Waals surface area contributed by atoms with Crippen LogP contribution in [0.2, 0.25) is 0 Å². The molecule has 0 radical (unpaired) electrons. The molecule has 1 aliphatic rings. The lowest BCUT2D eigenvalue weighted by molar-refractivity contribution is -0.143. The lowest BCUT2D eigenvalue weighted by Crippen LogP contribution is -2.52. The quantitative estimate of drug-likeness (QED) is 0.0843. The maximum absolute atomic E-state index is 12.7. The van der Waals surface area contributed by atoms with Gasteiger partial charge in [0.25, 0.3) is 11.8 Å². The Bertz CT molecular complexity index is 1150. The molecule has 5 N–H and O–H groups in total. The lowest BCUT2D eigenvalue weighted by Gasteiger charge is -2.19. The number of esters is 1. The summed E-state index contributed by atoms with van der Waals surface area (Å²) >= 11 is 0. The molecule has 1 heterocycles. The number of carbonyl (C=O) groups excluding carboxylic acids is 8. The molecule has 0 unspecified atom stereocenters. The highest BCUT2D eigenvalue weighted by Gasteiger charge is 2.24. The molecule has 214 valence electrons. The van der Waals surface area contributed by atoms with Crippen LogP contribution in [-0.4, -0.2) is 91.2 Å². The van der Waals surface area contributed by atoms with Crippen LogP contribution in [0.4, 0.5) is 0 Å². The number of carbonyl (C=O) groups is 8. The van der Waals surface area contributed by atoms with E-state index in [-0.39, 0.29) is 26.1 Å². The maximum Gasteiger partial charge on any atom is 0.304 e. The summed E-state index contributed by atoms with van der Waals surface area (Å²) in [5.74, 6) is -4.89. The van der Waals surface area contributed by atoms with E-state index < -0.39 is 73.0 Å². The Labute approximate surface area is 229 Å². The fraction of sp³-hybridized carbons (Fsp3) is 0.360. The SMILES string of the molecule is CC(=O)OCNC(=O)CNC(=O)[C@H](Cc1ccccc1)NC(=O)CNC(=O)CNC(=O)CCN1C(=O)C=CC1=O. The zero-order valence-electron chi connectivity index (χ0n) is 21.7. The molecular formula is C25H30N6O9. The number of nitrogens with zero attached hydrogens (tertiary/aromatic N) is 1. The summed E-state index contributed by atoms with van der Waals surface area (Å²) in [6.07, 6.45) is 2.08. The van der Waals surface area contributed by atoms with E-state index in [0.29, 0.717) is 0 Å². The molecule has 0 aromatic heterocycles. The van der Waals surface area contributed by atoms with Gasteiger partial charge in [0.2, 0.25) is 29.5 Å². The van der Waals surface area contributed by atoms with E-state index >= 15 is 0 Å². The van der Waals surface area contributed by atoms with Crippen molar-refractivity contribution in [3.8, 4) is 0 Å². The van der Waals surface area contributed by atoms with Gasteiger partial charge < -0.3 is 31.3 Å². The first-order valence-electron chi connectivity index (χ1n) is 12.1. The van der Waals surface area contributed by atoms with Gasteiger partial charge in [0.1, 0.15) is 6.04 Å². The third-order valence-corrected chi connectivity index (χ3v) is 5.26. The molecular weight excluding hydrogens is 528 g/mol. The average Bonchev–Trinajstić information content (AvgIpc) is 3.24. The Balaban J connectivity index is 1.78. The van der Waals surface area contributed by atoms with Crippen LogP contribution < -0.4 is 26.6 Å². The molecule has 7 amide bonds. The van der Waals surface area contributed by atoms with Crippen molar-refractivity contribution in [2.45, 2.75) is 25.8 Å². The molecule has 40 heavy (non-hydrogen) atoms. The predicted octanol–water partition coefficient (Wildman–Crippen LogP) is -2.99. The molecule has 0 spiro atoms. The van der Waals surface area contributed by atoms with Crippen LogP contribution in [0, 0.1) is 0 Å². The highest BCUT2D eigenvalue weighted by atomic mass is 16.5. The number of imide groups is 1. The van der Waals surface area contributed by atoms with Gasteiger partial charge in [0, 0.05) is 38.5 Å². The minimum Gasteiger partial charge on any atom is -0.445 e. The topological polar surface area (TPSA) is 209 Å². The Morgan fingerprint density at radius 2 is 1.35 bits per heavy atom. The fourth-order valence-corrected chi connectivity index (χ4v) is 3.25. The van der Waals surface area contributed by atoms with Crippen LogP contribution in [0.3, 0.4) is 0 Å². The van der Waals surface area contributed by atoms with Crippen LogP contribution in [-0.2, 0) is 49.5 Å². The number of rotatable bonds is 15. The Morgan fingerprint density at radius 1 is 0.775 bits per heavy atom. The van der Waals surface area contributed by atoms with Crippen LogP contribution in [0.25, 0.3) is 0 Å². The summed E-state index contributed by atoms with van der Waals surface area (Å²) in [5, 5.41) is 11.8. The summed E-state index contributed by atoms with van der Waals surface area (Å²) < 4.78 is 4.59. The highest BCUT2D eigenvalue weighted by Crippen LogP contribution is 2.05. The summed E-state index contributed by atoms with van der Waals surface area (Å²) in [6.45, 7) is -0.718. The first-order chi connectivity index (χ1) is 19.0. The van der Waals surface area contributed by atoms with Gasteiger partial charge in [-0.05, 0) is 5.56 Å². The van der Waals surface area contributed by atoms with E-state index in [1.54, 1.807) is 30.3 Å². The van der Waals surface area contributed by atoms with Gasteiger partial charge in [-0.3, -0.25) is 43.3 Å². The zero-order chi connectivity index (χ0) is 29.5. The molecule has 0 fully saturated rings. The van der Waals surface area contributed by atoms with Crippen molar-refractivity contribution in [2.75, 3.05) is 32.9 Å². The van der Waals surface area contributed by atoms with Crippen molar-refractivity contribution in [1.82, 2.24) is 31.5 Å². The van der Waals surface area contributed by atoms with Crippen molar-refractivity contribution in [1.29, 1.82) is 0 Å². The summed E-state index contributed by atoms with van der Waals surface area (Å²) in [5.41, 5.74) is 0.724. The second-order valence-electron chi connectivity index (χ2n) is 8.37. The van der Waals surface area contributed by atoms with Gasteiger partial charge in [-0.15, -0.1) is 0 Å². The second kappa shape index (κ2) is 16.0. The van der Waals surface area contributed by atoms with Crippen molar-refractivity contribution < 1.29 is 43.1 Å². The molecule has 0 saturated carbocycles. The van der Waals surface area contributed by atoms with Crippen LogP contribution in [0.5, 0.6) is 0 Å². The first kappa shape index (κ1) is 31.1. The molecule has 1 aromatic rings. The average molecular weight is 559 g/mol. The monoisotopic (exact) mass is 558 g/mol. The smallest absolute Gasteiger partial charge is 0.304 e. The van der Waals surface area contributed by atoms with E-state index in [2.05, 4.69) is 31.3 Å². The van der Waals surface area contributed by atoms with E-state index in [1.165, 1.54) is 6.92 Å². The summed E-state index contributed by atoms with van der Waals surface area (Å²) in [6, 6.07) is 7.69. The molecule has 1 aromatic carbocycles.